The minimum atomic E-state index is -0.0605. The van der Waals surface area contributed by atoms with Crippen molar-refractivity contribution >= 4 is 12.4 Å². The summed E-state index contributed by atoms with van der Waals surface area (Å²) in [5.74, 6) is 0. The number of hydrogen-bond donors (Lipinski definition) is 2. The van der Waals surface area contributed by atoms with Gasteiger partial charge in [0.05, 0.1) is 6.20 Å². The van der Waals surface area contributed by atoms with E-state index in [4.69, 9.17) is 0 Å². The molecule has 5 heteroatoms. The van der Waals surface area contributed by atoms with Gasteiger partial charge in [0.1, 0.15) is 0 Å². The molecule has 2 N–H and O–H groups in total. The molecule has 1 aromatic heterocycles. The number of fused-ring (bicyclic) bond motifs is 1. The Morgan fingerprint density at radius 1 is 1.50 bits per heavy atom. The van der Waals surface area contributed by atoms with Crippen molar-refractivity contribution in [2.75, 3.05) is 6.54 Å². The van der Waals surface area contributed by atoms with Crippen molar-refractivity contribution in [3.63, 3.8) is 0 Å². The lowest BCUT2D eigenvalue weighted by Gasteiger charge is -2.13. The number of nitrogens with zero attached hydrogens (tertiary/aromatic N) is 1. The molecule has 0 bridgehead atoms. The second-order valence-electron chi connectivity index (χ2n) is 2.63. The van der Waals surface area contributed by atoms with E-state index < -0.39 is 0 Å². The van der Waals surface area contributed by atoms with Gasteiger partial charge in [-0.15, -0.1) is 12.4 Å². The van der Waals surface area contributed by atoms with Crippen molar-refractivity contribution in [2.45, 2.75) is 13.0 Å². The van der Waals surface area contributed by atoms with Gasteiger partial charge in [0, 0.05) is 12.1 Å². The molecule has 0 saturated carbocycles. The van der Waals surface area contributed by atoms with Gasteiger partial charge in [-0.25, -0.2) is 5.10 Å². The van der Waals surface area contributed by atoms with Crippen LogP contribution < -0.4 is 10.9 Å². The number of hydrogen-bond acceptors (Lipinski definition) is 3. The summed E-state index contributed by atoms with van der Waals surface area (Å²) < 4.78 is 0. The van der Waals surface area contributed by atoms with Gasteiger partial charge in [-0.3, -0.25) is 4.79 Å². The quantitative estimate of drug-likeness (QED) is 0.594. The van der Waals surface area contributed by atoms with E-state index in [1.54, 1.807) is 6.20 Å². The highest BCUT2D eigenvalue weighted by atomic mass is 35.5. The summed E-state index contributed by atoms with van der Waals surface area (Å²) in [6, 6.07) is 0. The Balaban J connectivity index is 0.000000720. The molecule has 0 radical (unpaired) electrons. The number of aromatic nitrogens is 2. The van der Waals surface area contributed by atoms with Crippen molar-refractivity contribution in [3.8, 4) is 0 Å². The van der Waals surface area contributed by atoms with E-state index >= 15 is 0 Å². The molecule has 66 valence electrons. The Bertz CT molecular complexity index is 323. The van der Waals surface area contributed by atoms with Gasteiger partial charge >= 0.3 is 0 Å². The van der Waals surface area contributed by atoms with E-state index in [-0.39, 0.29) is 18.0 Å². The van der Waals surface area contributed by atoms with Crippen molar-refractivity contribution < 1.29 is 0 Å². The first kappa shape index (κ1) is 9.22. The molecule has 1 aliphatic rings. The highest BCUT2D eigenvalue weighted by Gasteiger charge is 2.10. The fourth-order valence-electron chi connectivity index (χ4n) is 1.31. The molecular formula is C7H10ClN3O. The van der Waals surface area contributed by atoms with E-state index in [9.17, 15) is 4.79 Å². The molecule has 0 aromatic carbocycles. The summed E-state index contributed by atoms with van der Waals surface area (Å²) in [5, 5.41) is 9.28. The second-order valence-corrected chi connectivity index (χ2v) is 2.63. The summed E-state index contributed by atoms with van der Waals surface area (Å²) in [4.78, 5) is 11.1. The molecule has 12 heavy (non-hydrogen) atoms. The van der Waals surface area contributed by atoms with Crippen LogP contribution in [0.25, 0.3) is 0 Å². The average Bonchev–Trinajstić information content (AvgIpc) is 2.06. The monoisotopic (exact) mass is 187 g/mol. The molecule has 1 aromatic rings. The Morgan fingerprint density at radius 3 is 3.08 bits per heavy atom. The first-order chi connectivity index (χ1) is 5.38. The number of halogens is 1. The summed E-state index contributed by atoms with van der Waals surface area (Å²) in [7, 11) is 0. The summed E-state index contributed by atoms with van der Waals surface area (Å²) in [5.41, 5.74) is 1.86. The number of nitrogens with one attached hydrogen (secondary N) is 2. The standard InChI is InChI=1S/C7H9N3O.ClH/c11-7-6-4-8-2-1-5(6)3-9-10-7;/h3,8H,1-2,4H2,(H,10,11);1H. The van der Waals surface area contributed by atoms with Crippen LogP contribution in [-0.2, 0) is 13.0 Å². The predicted molar refractivity (Wildman–Crippen MR) is 47.5 cm³/mol. The molecule has 4 nitrogen and oxygen atoms in total. The zero-order chi connectivity index (χ0) is 7.68. The van der Waals surface area contributed by atoms with E-state index in [2.05, 4.69) is 15.5 Å². The second kappa shape index (κ2) is 3.69. The van der Waals surface area contributed by atoms with Crippen LogP contribution in [0.3, 0.4) is 0 Å². The van der Waals surface area contributed by atoms with Crippen molar-refractivity contribution in [3.05, 3.63) is 27.7 Å². The van der Waals surface area contributed by atoms with Gasteiger partial charge in [0.15, 0.2) is 0 Å². The van der Waals surface area contributed by atoms with Crippen LogP contribution in [0.2, 0.25) is 0 Å². The fraction of sp³-hybridized carbons (Fsp3) is 0.429. The summed E-state index contributed by atoms with van der Waals surface area (Å²) >= 11 is 0. The van der Waals surface area contributed by atoms with Gasteiger partial charge in [-0.05, 0) is 18.5 Å². The Labute approximate surface area is 75.8 Å². The zero-order valence-electron chi connectivity index (χ0n) is 6.46. The molecule has 0 fully saturated rings. The number of H-pyrrole nitrogens is 1. The lowest BCUT2D eigenvalue weighted by molar-refractivity contribution is 0.628. The number of aromatic amines is 1. The van der Waals surface area contributed by atoms with Gasteiger partial charge in [0.25, 0.3) is 5.56 Å². The summed E-state index contributed by atoms with van der Waals surface area (Å²) in [6.45, 7) is 1.62. The average molecular weight is 188 g/mol. The molecule has 0 saturated heterocycles. The smallest absolute Gasteiger partial charge is 0.268 e. The van der Waals surface area contributed by atoms with Crippen LogP contribution in [0.4, 0.5) is 0 Å². The molecule has 0 atom stereocenters. The minimum Gasteiger partial charge on any atom is -0.312 e. The lowest BCUT2D eigenvalue weighted by atomic mass is 10.1. The Hall–Kier alpha value is -0.870. The first-order valence-corrected chi connectivity index (χ1v) is 3.64. The molecular weight excluding hydrogens is 178 g/mol. The molecule has 0 aliphatic carbocycles. The Kier molecular flexibility index (Phi) is 2.83. The van der Waals surface area contributed by atoms with Crippen LogP contribution in [0.1, 0.15) is 11.1 Å². The highest BCUT2D eigenvalue weighted by Crippen LogP contribution is 2.05. The van der Waals surface area contributed by atoms with Crippen LogP contribution in [-0.4, -0.2) is 16.7 Å². The molecule has 0 spiro atoms. The van der Waals surface area contributed by atoms with Crippen molar-refractivity contribution in [1.82, 2.24) is 15.5 Å². The molecule has 0 unspecified atom stereocenters. The molecule has 0 amide bonds. The van der Waals surface area contributed by atoms with E-state index in [0.717, 1.165) is 24.1 Å². The normalized spacial score (nSPS) is 14.7. The number of rotatable bonds is 0. The minimum absolute atomic E-state index is 0. The van der Waals surface area contributed by atoms with Gasteiger partial charge in [-0.1, -0.05) is 0 Å². The molecule has 2 rings (SSSR count). The van der Waals surface area contributed by atoms with Crippen molar-refractivity contribution in [2.24, 2.45) is 0 Å². The third-order valence-corrected chi connectivity index (χ3v) is 1.92. The topological polar surface area (TPSA) is 57.8 Å². The lowest BCUT2D eigenvalue weighted by Crippen LogP contribution is -2.30. The third kappa shape index (κ3) is 1.49. The molecule has 2 heterocycles. The predicted octanol–water partition coefficient (Wildman–Crippen LogP) is -0.163. The van der Waals surface area contributed by atoms with Crippen LogP contribution in [0.15, 0.2) is 11.0 Å². The van der Waals surface area contributed by atoms with Crippen molar-refractivity contribution in [1.29, 1.82) is 0 Å². The SMILES string of the molecule is Cl.O=c1[nH]ncc2c1CNCC2. The van der Waals surface area contributed by atoms with Crippen LogP contribution >= 0.6 is 12.4 Å². The van der Waals surface area contributed by atoms with E-state index in [1.807, 2.05) is 0 Å². The summed E-state index contributed by atoms with van der Waals surface area (Å²) in [6.07, 6.45) is 2.64. The zero-order valence-corrected chi connectivity index (χ0v) is 7.28. The molecule has 1 aliphatic heterocycles. The maximum atomic E-state index is 11.1. The van der Waals surface area contributed by atoms with Gasteiger partial charge in [0.2, 0.25) is 0 Å². The highest BCUT2D eigenvalue weighted by molar-refractivity contribution is 5.85. The first-order valence-electron chi connectivity index (χ1n) is 3.64. The maximum absolute atomic E-state index is 11.1. The maximum Gasteiger partial charge on any atom is 0.268 e. The fourth-order valence-corrected chi connectivity index (χ4v) is 1.31. The van der Waals surface area contributed by atoms with Gasteiger partial charge < -0.3 is 5.32 Å². The van der Waals surface area contributed by atoms with E-state index in [1.165, 1.54) is 0 Å². The van der Waals surface area contributed by atoms with Crippen LogP contribution in [0.5, 0.6) is 0 Å². The largest absolute Gasteiger partial charge is 0.312 e. The third-order valence-electron chi connectivity index (χ3n) is 1.92. The van der Waals surface area contributed by atoms with Crippen LogP contribution in [0, 0.1) is 0 Å². The van der Waals surface area contributed by atoms with E-state index in [0.29, 0.717) is 6.54 Å². The Morgan fingerprint density at radius 2 is 2.33 bits per heavy atom. The van der Waals surface area contributed by atoms with Gasteiger partial charge in [-0.2, -0.15) is 5.10 Å².